The van der Waals surface area contributed by atoms with Gasteiger partial charge >= 0.3 is 0 Å². The van der Waals surface area contributed by atoms with Gasteiger partial charge in [0.05, 0.1) is 18.2 Å². The first-order valence-corrected chi connectivity index (χ1v) is 11.4. The summed E-state index contributed by atoms with van der Waals surface area (Å²) in [6.45, 7) is 9.72. The molecule has 30 heavy (non-hydrogen) atoms. The number of amides is 2. The molecule has 0 saturated carbocycles. The number of rotatable bonds is 6. The van der Waals surface area contributed by atoms with Crippen molar-refractivity contribution >= 4 is 28.3 Å². The molecule has 162 valence electrons. The van der Waals surface area contributed by atoms with Crippen molar-refractivity contribution in [2.24, 2.45) is 11.3 Å². The summed E-state index contributed by atoms with van der Waals surface area (Å²) in [5.41, 5.74) is 1.38. The van der Waals surface area contributed by atoms with E-state index in [2.05, 4.69) is 17.2 Å². The Bertz CT molecular complexity index is 871. The molecule has 1 aliphatic heterocycles. The van der Waals surface area contributed by atoms with E-state index >= 15 is 0 Å². The lowest BCUT2D eigenvalue weighted by molar-refractivity contribution is -0.142. The molecule has 1 aromatic heterocycles. The minimum atomic E-state index is -0.431. The van der Waals surface area contributed by atoms with Crippen molar-refractivity contribution < 1.29 is 14.3 Å². The molecule has 1 fully saturated rings. The van der Waals surface area contributed by atoms with Gasteiger partial charge in [0.15, 0.2) is 5.13 Å². The minimum Gasteiger partial charge on any atom is -0.494 e. The third kappa shape index (κ3) is 5.59. The lowest BCUT2D eigenvalue weighted by Gasteiger charge is -2.35. The third-order valence-electron chi connectivity index (χ3n) is 5.08. The summed E-state index contributed by atoms with van der Waals surface area (Å²) in [5.74, 6) is 0.678. The van der Waals surface area contributed by atoms with E-state index in [0.29, 0.717) is 18.3 Å². The Morgan fingerprint density at radius 3 is 2.67 bits per heavy atom. The molecule has 0 bridgehead atoms. The molecule has 7 heteroatoms. The second kappa shape index (κ2) is 9.60. The van der Waals surface area contributed by atoms with Gasteiger partial charge in [-0.05, 0) is 43.5 Å². The Balaban J connectivity index is 1.60. The number of thiazole rings is 1. The molecule has 1 aliphatic rings. The Labute approximate surface area is 182 Å². The number of aromatic nitrogens is 1. The number of piperidine rings is 1. The van der Waals surface area contributed by atoms with Gasteiger partial charge in [-0.2, -0.15) is 0 Å². The largest absolute Gasteiger partial charge is 0.494 e. The maximum Gasteiger partial charge on any atom is 0.231 e. The predicted molar refractivity (Wildman–Crippen MR) is 121 cm³/mol. The summed E-state index contributed by atoms with van der Waals surface area (Å²) in [5, 5.41) is 5.47. The van der Waals surface area contributed by atoms with E-state index < -0.39 is 5.41 Å². The van der Waals surface area contributed by atoms with Crippen LogP contribution in [0.2, 0.25) is 0 Å². The van der Waals surface area contributed by atoms with Gasteiger partial charge in [-0.3, -0.25) is 9.59 Å². The van der Waals surface area contributed by atoms with Crippen LogP contribution in [-0.4, -0.2) is 41.4 Å². The first kappa shape index (κ1) is 22.3. The average Bonchev–Trinajstić information content (AvgIpc) is 3.20. The molecule has 0 aliphatic carbocycles. The van der Waals surface area contributed by atoms with Gasteiger partial charge in [0, 0.05) is 29.4 Å². The molecular weight excluding hydrogens is 398 g/mol. The average molecular weight is 430 g/mol. The van der Waals surface area contributed by atoms with Crippen molar-refractivity contribution in [3.05, 3.63) is 29.6 Å². The number of likely N-dealkylation sites (tertiary alicyclic amines) is 1. The minimum absolute atomic E-state index is 0.0642. The highest BCUT2D eigenvalue weighted by Gasteiger charge is 2.33. The number of nitrogens with zero attached hydrogens (tertiary/aromatic N) is 2. The molecule has 2 aromatic rings. The van der Waals surface area contributed by atoms with Crippen LogP contribution < -0.4 is 10.1 Å². The number of carbonyl (C=O) groups excluding carboxylic acids is 2. The number of benzene rings is 1. The van der Waals surface area contributed by atoms with Crippen molar-refractivity contribution in [3.63, 3.8) is 0 Å². The highest BCUT2D eigenvalue weighted by Crippen LogP contribution is 2.28. The zero-order chi connectivity index (χ0) is 21.7. The van der Waals surface area contributed by atoms with E-state index in [-0.39, 0.29) is 17.7 Å². The van der Waals surface area contributed by atoms with Gasteiger partial charge in [-0.15, -0.1) is 11.3 Å². The molecule has 3 rings (SSSR count). The fourth-order valence-corrected chi connectivity index (χ4v) is 4.19. The molecule has 1 aromatic carbocycles. The van der Waals surface area contributed by atoms with E-state index in [1.807, 2.05) is 55.3 Å². The highest BCUT2D eigenvalue weighted by atomic mass is 32.1. The zero-order valence-corrected chi connectivity index (χ0v) is 19.1. The Morgan fingerprint density at radius 2 is 2.00 bits per heavy atom. The summed E-state index contributed by atoms with van der Waals surface area (Å²) in [6.07, 6.45) is 2.60. The Hall–Kier alpha value is -2.41. The molecule has 1 unspecified atom stereocenters. The SMILES string of the molecule is CCCOc1ccc(-c2csc(NC(=O)C3CCCN(C(=O)C(C)(C)C)C3)n2)cc1. The van der Waals surface area contributed by atoms with Crippen molar-refractivity contribution in [3.8, 4) is 17.0 Å². The van der Waals surface area contributed by atoms with Gasteiger partial charge < -0.3 is 15.0 Å². The summed E-state index contributed by atoms with van der Waals surface area (Å²) in [4.78, 5) is 31.7. The fourth-order valence-electron chi connectivity index (χ4n) is 3.46. The van der Waals surface area contributed by atoms with Crippen molar-refractivity contribution in [2.45, 2.75) is 47.0 Å². The molecule has 2 heterocycles. The Morgan fingerprint density at radius 1 is 1.27 bits per heavy atom. The quantitative estimate of drug-likeness (QED) is 0.714. The normalized spacial score (nSPS) is 16.9. The predicted octanol–water partition coefficient (Wildman–Crippen LogP) is 4.82. The summed E-state index contributed by atoms with van der Waals surface area (Å²) >= 11 is 1.41. The number of hydrogen-bond donors (Lipinski definition) is 1. The summed E-state index contributed by atoms with van der Waals surface area (Å²) in [6, 6.07) is 7.82. The molecule has 6 nitrogen and oxygen atoms in total. The lowest BCUT2D eigenvalue weighted by atomic mass is 9.91. The molecule has 1 N–H and O–H groups in total. The van der Waals surface area contributed by atoms with Crippen LogP contribution in [0.15, 0.2) is 29.6 Å². The van der Waals surface area contributed by atoms with Crippen LogP contribution in [-0.2, 0) is 9.59 Å². The summed E-state index contributed by atoms with van der Waals surface area (Å²) in [7, 11) is 0. The second-order valence-electron chi connectivity index (χ2n) is 8.74. The fraction of sp³-hybridized carbons (Fsp3) is 0.522. The van der Waals surface area contributed by atoms with E-state index in [0.717, 1.165) is 42.8 Å². The van der Waals surface area contributed by atoms with Crippen LogP contribution in [0.3, 0.4) is 0 Å². The van der Waals surface area contributed by atoms with Crippen molar-refractivity contribution in [2.75, 3.05) is 25.0 Å². The van der Waals surface area contributed by atoms with Crippen LogP contribution >= 0.6 is 11.3 Å². The third-order valence-corrected chi connectivity index (χ3v) is 5.84. The standard InChI is InChI=1S/C23H31N3O3S/c1-5-13-29-18-10-8-16(9-11-18)19-15-30-22(24-19)25-20(27)17-7-6-12-26(14-17)21(28)23(2,3)4/h8-11,15,17H,5-7,12-14H2,1-4H3,(H,24,25,27). The van der Waals surface area contributed by atoms with Gasteiger partial charge in [0.1, 0.15) is 5.75 Å². The van der Waals surface area contributed by atoms with Crippen LogP contribution in [0.4, 0.5) is 5.13 Å². The molecule has 0 spiro atoms. The number of nitrogens with one attached hydrogen (secondary N) is 1. The molecule has 2 amide bonds. The number of ether oxygens (including phenoxy) is 1. The zero-order valence-electron chi connectivity index (χ0n) is 18.2. The van der Waals surface area contributed by atoms with Crippen molar-refractivity contribution in [1.82, 2.24) is 9.88 Å². The number of carbonyl (C=O) groups is 2. The number of hydrogen-bond acceptors (Lipinski definition) is 5. The molecule has 1 saturated heterocycles. The van der Waals surface area contributed by atoms with Gasteiger partial charge in [-0.25, -0.2) is 4.98 Å². The van der Waals surface area contributed by atoms with Gasteiger partial charge in [0.25, 0.3) is 0 Å². The smallest absolute Gasteiger partial charge is 0.231 e. The van der Waals surface area contributed by atoms with Crippen LogP contribution in [0.25, 0.3) is 11.3 Å². The first-order valence-electron chi connectivity index (χ1n) is 10.6. The van der Waals surface area contributed by atoms with Crippen LogP contribution in [0, 0.1) is 11.3 Å². The van der Waals surface area contributed by atoms with Crippen LogP contribution in [0.1, 0.15) is 47.0 Å². The van der Waals surface area contributed by atoms with Gasteiger partial charge in [0.2, 0.25) is 11.8 Å². The molecule has 1 atom stereocenters. The van der Waals surface area contributed by atoms with E-state index in [4.69, 9.17) is 4.74 Å². The van der Waals surface area contributed by atoms with Crippen molar-refractivity contribution in [1.29, 1.82) is 0 Å². The monoisotopic (exact) mass is 429 g/mol. The first-order chi connectivity index (χ1) is 14.3. The Kier molecular flexibility index (Phi) is 7.13. The topological polar surface area (TPSA) is 71.5 Å². The highest BCUT2D eigenvalue weighted by molar-refractivity contribution is 7.14. The van der Waals surface area contributed by atoms with Crippen LogP contribution in [0.5, 0.6) is 5.75 Å². The molecular formula is C23H31N3O3S. The summed E-state index contributed by atoms with van der Waals surface area (Å²) < 4.78 is 5.61. The molecule has 0 radical (unpaired) electrons. The van der Waals surface area contributed by atoms with E-state index in [9.17, 15) is 9.59 Å². The lowest BCUT2D eigenvalue weighted by Crippen LogP contribution is -2.47. The maximum absolute atomic E-state index is 12.8. The van der Waals surface area contributed by atoms with Gasteiger partial charge in [-0.1, -0.05) is 27.7 Å². The number of anilines is 1. The van der Waals surface area contributed by atoms with E-state index in [1.54, 1.807) is 0 Å². The van der Waals surface area contributed by atoms with E-state index in [1.165, 1.54) is 11.3 Å². The maximum atomic E-state index is 12.8. The second-order valence-corrected chi connectivity index (χ2v) is 9.60.